The smallest absolute Gasteiger partial charge is 0.119 e. The summed E-state index contributed by atoms with van der Waals surface area (Å²) in [6, 6.07) is 6.24. The first-order chi connectivity index (χ1) is 8.78. The molecule has 18 heavy (non-hydrogen) atoms. The van der Waals surface area contributed by atoms with Crippen molar-refractivity contribution in [2.24, 2.45) is 0 Å². The van der Waals surface area contributed by atoms with Crippen LogP contribution in [0, 0.1) is 0 Å². The van der Waals surface area contributed by atoms with Crippen molar-refractivity contribution in [3.8, 4) is 5.75 Å². The van der Waals surface area contributed by atoms with Crippen LogP contribution in [0.15, 0.2) is 30.4 Å². The number of methoxy groups -OCH3 is 1. The van der Waals surface area contributed by atoms with Crippen molar-refractivity contribution in [3.63, 3.8) is 0 Å². The van der Waals surface area contributed by atoms with Crippen LogP contribution in [-0.2, 0) is 0 Å². The van der Waals surface area contributed by atoms with E-state index in [0.717, 1.165) is 25.4 Å². The van der Waals surface area contributed by atoms with Crippen molar-refractivity contribution >= 4 is 11.6 Å². The molecule has 0 fully saturated rings. The molecule has 0 unspecified atom stereocenters. The van der Waals surface area contributed by atoms with E-state index >= 15 is 0 Å². The molecule has 1 aromatic rings. The van der Waals surface area contributed by atoms with Crippen LogP contribution < -0.4 is 4.74 Å². The van der Waals surface area contributed by atoms with Gasteiger partial charge in [-0.1, -0.05) is 38.1 Å². The van der Waals surface area contributed by atoms with Gasteiger partial charge in [0.1, 0.15) is 5.75 Å². The van der Waals surface area contributed by atoms with E-state index in [1.165, 1.54) is 16.7 Å². The van der Waals surface area contributed by atoms with Crippen LogP contribution in [0.5, 0.6) is 5.75 Å². The Balaban J connectivity index is 2.19. The molecule has 1 aliphatic carbocycles. The number of allylic oxidation sites excluding steroid dienone is 2. The summed E-state index contributed by atoms with van der Waals surface area (Å²) in [7, 11) is 1.71. The van der Waals surface area contributed by atoms with Gasteiger partial charge in [0.25, 0.3) is 0 Å². The lowest BCUT2D eigenvalue weighted by molar-refractivity contribution is 0.337. The van der Waals surface area contributed by atoms with Gasteiger partial charge in [0.15, 0.2) is 0 Å². The fraction of sp³-hybridized carbons (Fsp3) is 0.375. The van der Waals surface area contributed by atoms with Crippen LogP contribution >= 0.6 is 0 Å². The molecule has 1 aliphatic rings. The summed E-state index contributed by atoms with van der Waals surface area (Å²) in [6.07, 6.45) is 6.66. The van der Waals surface area contributed by atoms with Crippen molar-refractivity contribution in [1.82, 2.24) is 4.90 Å². The van der Waals surface area contributed by atoms with E-state index in [1.54, 1.807) is 7.11 Å². The molecule has 2 rings (SSSR count). The van der Waals surface area contributed by atoms with Crippen LogP contribution in [-0.4, -0.2) is 31.6 Å². The Labute approximate surface area is 110 Å². The molecular formula is C16H21NO. The molecule has 0 heterocycles. The summed E-state index contributed by atoms with van der Waals surface area (Å²) < 4.78 is 5.29. The van der Waals surface area contributed by atoms with Gasteiger partial charge in [0, 0.05) is 6.54 Å². The molecule has 0 aliphatic heterocycles. The monoisotopic (exact) mass is 243 g/mol. The number of rotatable bonds is 5. The summed E-state index contributed by atoms with van der Waals surface area (Å²) >= 11 is 0. The number of benzene rings is 1. The molecule has 0 aromatic heterocycles. The summed E-state index contributed by atoms with van der Waals surface area (Å²) in [5.74, 6) is 0.922. The Kier molecular flexibility index (Phi) is 4.21. The van der Waals surface area contributed by atoms with Crippen LogP contribution in [0.1, 0.15) is 25.0 Å². The molecule has 1 aromatic carbocycles. The van der Waals surface area contributed by atoms with Gasteiger partial charge >= 0.3 is 0 Å². The van der Waals surface area contributed by atoms with Crippen molar-refractivity contribution in [3.05, 3.63) is 41.5 Å². The fourth-order valence-corrected chi connectivity index (χ4v) is 2.21. The number of ether oxygens (including phenoxy) is 1. The molecule has 0 bridgehead atoms. The van der Waals surface area contributed by atoms with E-state index in [4.69, 9.17) is 4.74 Å². The van der Waals surface area contributed by atoms with Gasteiger partial charge in [0.05, 0.1) is 7.11 Å². The maximum atomic E-state index is 5.29. The quantitative estimate of drug-likeness (QED) is 0.785. The number of fused-ring (bicyclic) bond motifs is 1. The molecular weight excluding hydrogens is 222 g/mol. The van der Waals surface area contributed by atoms with E-state index in [9.17, 15) is 0 Å². The van der Waals surface area contributed by atoms with E-state index in [1.807, 2.05) is 6.07 Å². The lowest BCUT2D eigenvalue weighted by Crippen LogP contribution is -2.22. The molecule has 2 heteroatoms. The summed E-state index contributed by atoms with van der Waals surface area (Å²) in [5.41, 5.74) is 3.86. The Hall–Kier alpha value is -1.54. The lowest BCUT2D eigenvalue weighted by Gasteiger charge is -2.15. The second-order valence-electron chi connectivity index (χ2n) is 4.43. The minimum Gasteiger partial charge on any atom is -0.497 e. The highest BCUT2D eigenvalue weighted by Crippen LogP contribution is 2.31. The minimum atomic E-state index is 0.922. The van der Waals surface area contributed by atoms with Gasteiger partial charge in [-0.3, -0.25) is 0 Å². The molecule has 0 atom stereocenters. The number of likely N-dealkylation sites (N-methyl/N-ethyl adjacent to an activating group) is 1. The highest BCUT2D eigenvalue weighted by molar-refractivity contribution is 5.90. The van der Waals surface area contributed by atoms with Gasteiger partial charge in [-0.2, -0.15) is 0 Å². The zero-order valence-corrected chi connectivity index (χ0v) is 11.4. The first kappa shape index (κ1) is 12.9. The SMILES string of the molecule is CCN(CC)C/C=C1\C=Cc2ccc(OC)cc21. The van der Waals surface area contributed by atoms with Gasteiger partial charge in [-0.05, 0) is 41.9 Å². The first-order valence-corrected chi connectivity index (χ1v) is 6.57. The number of hydrogen-bond donors (Lipinski definition) is 0. The Bertz CT molecular complexity index is 470. The average molecular weight is 243 g/mol. The highest BCUT2D eigenvalue weighted by Gasteiger charge is 2.11. The standard InChI is InChI=1S/C16H21NO/c1-4-17(5-2)11-10-14-7-6-13-8-9-15(18-3)12-16(13)14/h6-10,12H,4-5,11H2,1-3H3/b14-10+. The third kappa shape index (κ3) is 2.65. The van der Waals surface area contributed by atoms with E-state index < -0.39 is 0 Å². The molecule has 2 nitrogen and oxygen atoms in total. The average Bonchev–Trinajstić information content (AvgIpc) is 2.82. The first-order valence-electron chi connectivity index (χ1n) is 6.57. The summed E-state index contributed by atoms with van der Waals surface area (Å²) in [5, 5.41) is 0. The van der Waals surface area contributed by atoms with Gasteiger partial charge < -0.3 is 9.64 Å². The van der Waals surface area contributed by atoms with Crippen LogP contribution in [0.2, 0.25) is 0 Å². The Morgan fingerprint density at radius 1 is 1.17 bits per heavy atom. The molecule has 0 saturated heterocycles. The third-order valence-corrected chi connectivity index (χ3v) is 3.48. The summed E-state index contributed by atoms with van der Waals surface area (Å²) in [6.45, 7) is 7.58. The third-order valence-electron chi connectivity index (χ3n) is 3.48. The number of hydrogen-bond acceptors (Lipinski definition) is 2. The Morgan fingerprint density at radius 3 is 2.61 bits per heavy atom. The van der Waals surface area contributed by atoms with Crippen LogP contribution in [0.25, 0.3) is 11.6 Å². The van der Waals surface area contributed by atoms with Crippen molar-refractivity contribution in [2.45, 2.75) is 13.8 Å². The van der Waals surface area contributed by atoms with E-state index in [0.29, 0.717) is 0 Å². The van der Waals surface area contributed by atoms with E-state index in [-0.39, 0.29) is 0 Å². The van der Waals surface area contributed by atoms with Crippen molar-refractivity contribution in [2.75, 3.05) is 26.7 Å². The zero-order valence-electron chi connectivity index (χ0n) is 11.4. The van der Waals surface area contributed by atoms with Crippen molar-refractivity contribution < 1.29 is 4.74 Å². The number of nitrogens with zero attached hydrogens (tertiary/aromatic N) is 1. The maximum absolute atomic E-state index is 5.29. The highest BCUT2D eigenvalue weighted by atomic mass is 16.5. The maximum Gasteiger partial charge on any atom is 0.119 e. The molecule has 96 valence electrons. The second-order valence-corrected chi connectivity index (χ2v) is 4.43. The van der Waals surface area contributed by atoms with Crippen molar-refractivity contribution in [1.29, 1.82) is 0 Å². The van der Waals surface area contributed by atoms with Gasteiger partial charge in [-0.25, -0.2) is 0 Å². The van der Waals surface area contributed by atoms with Gasteiger partial charge in [-0.15, -0.1) is 0 Å². The van der Waals surface area contributed by atoms with E-state index in [2.05, 4.69) is 49.1 Å². The normalized spacial score (nSPS) is 15.4. The predicted molar refractivity (Wildman–Crippen MR) is 77.8 cm³/mol. The van der Waals surface area contributed by atoms with Crippen LogP contribution in [0.4, 0.5) is 0 Å². The predicted octanol–water partition coefficient (Wildman–Crippen LogP) is 3.45. The molecule has 0 N–H and O–H groups in total. The Morgan fingerprint density at radius 2 is 1.94 bits per heavy atom. The topological polar surface area (TPSA) is 12.5 Å². The zero-order chi connectivity index (χ0) is 13.0. The minimum absolute atomic E-state index is 0.922. The molecule has 0 amide bonds. The second kappa shape index (κ2) is 5.87. The molecule has 0 spiro atoms. The molecule has 0 radical (unpaired) electrons. The fourth-order valence-electron chi connectivity index (χ4n) is 2.21. The lowest BCUT2D eigenvalue weighted by atomic mass is 10.1. The molecule has 0 saturated carbocycles. The summed E-state index contributed by atoms with van der Waals surface area (Å²) in [4.78, 5) is 2.40. The largest absolute Gasteiger partial charge is 0.497 e. The van der Waals surface area contributed by atoms with Crippen LogP contribution in [0.3, 0.4) is 0 Å². The van der Waals surface area contributed by atoms with Gasteiger partial charge in [0.2, 0.25) is 0 Å².